The standard InChI is InChI=1S/C7H7FN2O/c8-6-2-1-3-10(4-6)5-7(9)11/h1-4H,5H2,(H-,9,11)/p+1. The molecule has 0 spiro atoms. The number of hydrogen-bond donors (Lipinski definition) is 1. The van der Waals surface area contributed by atoms with Crippen LogP contribution in [-0.4, -0.2) is 5.91 Å². The predicted octanol–water partition coefficient (Wildman–Crippen LogP) is -0.401. The summed E-state index contributed by atoms with van der Waals surface area (Å²) in [5, 5.41) is 0. The quantitative estimate of drug-likeness (QED) is 0.580. The number of hydrogen-bond acceptors (Lipinski definition) is 1. The first-order valence-corrected chi connectivity index (χ1v) is 3.11. The van der Waals surface area contributed by atoms with Crippen molar-refractivity contribution in [1.82, 2.24) is 0 Å². The number of carbonyl (C=O) groups is 1. The van der Waals surface area contributed by atoms with Gasteiger partial charge in [0.15, 0.2) is 12.0 Å². The number of pyridine rings is 1. The third-order valence-corrected chi connectivity index (χ3v) is 1.16. The minimum absolute atomic E-state index is 0.0117. The van der Waals surface area contributed by atoms with Crippen molar-refractivity contribution in [3.8, 4) is 0 Å². The van der Waals surface area contributed by atoms with Gasteiger partial charge in [-0.1, -0.05) is 0 Å². The van der Waals surface area contributed by atoms with E-state index in [1.54, 1.807) is 6.20 Å². The summed E-state index contributed by atoms with van der Waals surface area (Å²) in [6.07, 6.45) is 2.79. The Labute approximate surface area is 63.3 Å². The van der Waals surface area contributed by atoms with E-state index >= 15 is 0 Å². The molecule has 0 radical (unpaired) electrons. The number of nitrogens with two attached hydrogens (primary N) is 1. The normalized spacial score (nSPS) is 9.55. The maximum absolute atomic E-state index is 12.4. The van der Waals surface area contributed by atoms with E-state index in [-0.39, 0.29) is 12.4 Å². The number of amides is 1. The fourth-order valence-corrected chi connectivity index (χ4v) is 0.768. The fourth-order valence-electron chi connectivity index (χ4n) is 0.768. The topological polar surface area (TPSA) is 47.0 Å². The van der Waals surface area contributed by atoms with Crippen LogP contribution >= 0.6 is 0 Å². The average Bonchev–Trinajstić information content (AvgIpc) is 1.85. The average molecular weight is 155 g/mol. The zero-order valence-corrected chi connectivity index (χ0v) is 5.83. The molecular formula is C7H8FN2O+. The lowest BCUT2D eigenvalue weighted by Crippen LogP contribution is -2.40. The Morgan fingerprint density at radius 3 is 3.00 bits per heavy atom. The summed E-state index contributed by atoms with van der Waals surface area (Å²) in [5.74, 6) is -0.866. The highest BCUT2D eigenvalue weighted by Gasteiger charge is 2.04. The van der Waals surface area contributed by atoms with Crippen LogP contribution in [0.15, 0.2) is 24.5 Å². The fraction of sp³-hybridized carbons (Fsp3) is 0.143. The summed E-state index contributed by atoms with van der Waals surface area (Å²) >= 11 is 0. The highest BCUT2D eigenvalue weighted by molar-refractivity contribution is 5.72. The van der Waals surface area contributed by atoms with Crippen molar-refractivity contribution in [2.24, 2.45) is 5.73 Å². The molecule has 1 aromatic heterocycles. The summed E-state index contributed by atoms with van der Waals surface area (Å²) in [5.41, 5.74) is 4.89. The molecule has 0 saturated heterocycles. The van der Waals surface area contributed by atoms with Crippen LogP contribution in [0.5, 0.6) is 0 Å². The van der Waals surface area contributed by atoms with Crippen molar-refractivity contribution in [1.29, 1.82) is 0 Å². The number of nitrogens with zero attached hydrogens (tertiary/aromatic N) is 1. The highest BCUT2D eigenvalue weighted by Crippen LogP contribution is 1.88. The Bertz CT molecular complexity index is 275. The Balaban J connectivity index is 2.79. The van der Waals surface area contributed by atoms with Crippen molar-refractivity contribution in [3.05, 3.63) is 30.3 Å². The van der Waals surface area contributed by atoms with Gasteiger partial charge >= 0.3 is 0 Å². The first-order valence-electron chi connectivity index (χ1n) is 3.11. The molecule has 0 aliphatic carbocycles. The van der Waals surface area contributed by atoms with E-state index in [2.05, 4.69) is 0 Å². The van der Waals surface area contributed by atoms with Crippen molar-refractivity contribution >= 4 is 5.91 Å². The molecule has 2 N–H and O–H groups in total. The third kappa shape index (κ3) is 2.33. The molecule has 0 aromatic carbocycles. The summed E-state index contributed by atoms with van der Waals surface area (Å²) in [6.45, 7) is 0.0117. The third-order valence-electron chi connectivity index (χ3n) is 1.16. The molecule has 0 fully saturated rings. The van der Waals surface area contributed by atoms with Gasteiger partial charge in [0.05, 0.1) is 0 Å². The van der Waals surface area contributed by atoms with Crippen molar-refractivity contribution in [2.45, 2.75) is 6.54 Å². The molecule has 11 heavy (non-hydrogen) atoms. The SMILES string of the molecule is NC(=O)C[n+]1cccc(F)c1. The predicted molar refractivity (Wildman–Crippen MR) is 35.8 cm³/mol. The number of rotatable bonds is 2. The minimum Gasteiger partial charge on any atom is -0.364 e. The zero-order chi connectivity index (χ0) is 8.27. The molecule has 0 saturated carbocycles. The maximum Gasteiger partial charge on any atom is 0.283 e. The lowest BCUT2D eigenvalue weighted by atomic mass is 10.4. The van der Waals surface area contributed by atoms with Crippen molar-refractivity contribution in [2.75, 3.05) is 0 Å². The number of carbonyl (C=O) groups excluding carboxylic acids is 1. The van der Waals surface area contributed by atoms with E-state index in [0.717, 1.165) is 0 Å². The van der Waals surface area contributed by atoms with Gasteiger partial charge in [0, 0.05) is 6.07 Å². The van der Waals surface area contributed by atoms with Gasteiger partial charge in [-0.15, -0.1) is 0 Å². The van der Waals surface area contributed by atoms with E-state index in [9.17, 15) is 9.18 Å². The second-order valence-electron chi connectivity index (χ2n) is 2.16. The zero-order valence-electron chi connectivity index (χ0n) is 5.83. The number of primary amides is 1. The Morgan fingerprint density at radius 1 is 1.73 bits per heavy atom. The molecule has 0 bridgehead atoms. The molecule has 4 heteroatoms. The van der Waals surface area contributed by atoms with Crippen LogP contribution in [0.2, 0.25) is 0 Å². The summed E-state index contributed by atoms with van der Waals surface area (Å²) < 4.78 is 13.8. The first-order chi connectivity index (χ1) is 5.18. The van der Waals surface area contributed by atoms with E-state index in [4.69, 9.17) is 5.73 Å². The maximum atomic E-state index is 12.4. The smallest absolute Gasteiger partial charge is 0.283 e. The van der Waals surface area contributed by atoms with Gasteiger partial charge < -0.3 is 5.73 Å². The Hall–Kier alpha value is -1.45. The van der Waals surface area contributed by atoms with Crippen LogP contribution in [0, 0.1) is 5.82 Å². The summed E-state index contributed by atoms with van der Waals surface area (Å²) in [7, 11) is 0. The Kier molecular flexibility index (Phi) is 2.15. The van der Waals surface area contributed by atoms with Crippen LogP contribution in [0.1, 0.15) is 0 Å². The summed E-state index contributed by atoms with van der Waals surface area (Å²) in [4.78, 5) is 10.4. The first kappa shape index (κ1) is 7.65. The van der Waals surface area contributed by atoms with E-state index in [1.807, 2.05) is 0 Å². The monoisotopic (exact) mass is 155 g/mol. The number of aromatic nitrogens is 1. The van der Waals surface area contributed by atoms with Crippen LogP contribution < -0.4 is 10.3 Å². The van der Waals surface area contributed by atoms with Gasteiger partial charge in [0.1, 0.15) is 0 Å². The molecule has 58 valence electrons. The molecule has 0 aliphatic rings. The van der Waals surface area contributed by atoms with Crippen LogP contribution in [0.3, 0.4) is 0 Å². The van der Waals surface area contributed by atoms with E-state index < -0.39 is 5.91 Å². The number of halogens is 1. The Morgan fingerprint density at radius 2 is 2.45 bits per heavy atom. The van der Waals surface area contributed by atoms with Gasteiger partial charge in [-0.3, -0.25) is 4.79 Å². The summed E-state index contributed by atoms with van der Waals surface area (Å²) in [6, 6.07) is 2.82. The molecule has 3 nitrogen and oxygen atoms in total. The van der Waals surface area contributed by atoms with Crippen molar-refractivity contribution < 1.29 is 13.8 Å². The van der Waals surface area contributed by atoms with Gasteiger partial charge in [0.2, 0.25) is 12.7 Å². The molecule has 0 atom stereocenters. The van der Waals surface area contributed by atoms with Gasteiger partial charge in [-0.2, -0.15) is 4.57 Å². The van der Waals surface area contributed by atoms with Crippen LogP contribution in [-0.2, 0) is 11.3 Å². The molecular weight excluding hydrogens is 147 g/mol. The van der Waals surface area contributed by atoms with E-state index in [1.165, 1.54) is 22.9 Å². The van der Waals surface area contributed by atoms with Gasteiger partial charge in [-0.05, 0) is 6.07 Å². The molecule has 1 heterocycles. The van der Waals surface area contributed by atoms with Gasteiger partial charge in [0.25, 0.3) is 5.91 Å². The molecule has 0 unspecified atom stereocenters. The second kappa shape index (κ2) is 3.09. The van der Waals surface area contributed by atoms with Crippen molar-refractivity contribution in [3.63, 3.8) is 0 Å². The van der Waals surface area contributed by atoms with E-state index in [0.29, 0.717) is 0 Å². The molecule has 1 rings (SSSR count). The van der Waals surface area contributed by atoms with Crippen LogP contribution in [0.25, 0.3) is 0 Å². The molecule has 1 amide bonds. The lowest BCUT2D eigenvalue weighted by Gasteiger charge is -1.90. The lowest BCUT2D eigenvalue weighted by molar-refractivity contribution is -0.685. The largest absolute Gasteiger partial charge is 0.364 e. The second-order valence-corrected chi connectivity index (χ2v) is 2.16. The molecule has 1 aromatic rings. The highest BCUT2D eigenvalue weighted by atomic mass is 19.1. The van der Waals surface area contributed by atoms with Crippen LogP contribution in [0.4, 0.5) is 4.39 Å². The minimum atomic E-state index is -0.486. The molecule has 0 aliphatic heterocycles. The van der Waals surface area contributed by atoms with Gasteiger partial charge in [-0.25, -0.2) is 4.39 Å².